The second kappa shape index (κ2) is 3.47. The predicted molar refractivity (Wildman–Crippen MR) is 54.8 cm³/mol. The van der Waals surface area contributed by atoms with Crippen molar-refractivity contribution in [1.82, 2.24) is 20.4 Å². The van der Waals surface area contributed by atoms with Gasteiger partial charge in [0, 0.05) is 10.9 Å². The summed E-state index contributed by atoms with van der Waals surface area (Å²) in [6.45, 7) is 3.91. The maximum atomic E-state index is 5.81. The average Bonchev–Trinajstić information content (AvgIpc) is 2.70. The molecule has 5 nitrogen and oxygen atoms in total. The first-order chi connectivity index (χ1) is 6.68. The van der Waals surface area contributed by atoms with Crippen LogP contribution in [0.1, 0.15) is 23.5 Å². The summed E-state index contributed by atoms with van der Waals surface area (Å²) in [6, 6.07) is 0.0214. The molecule has 0 aromatic carbocycles. The Morgan fingerprint density at radius 2 is 2.36 bits per heavy atom. The SMILES string of the molecule is Cc1nc(-c2cn[nH]n2)sc1C(C)N. The van der Waals surface area contributed by atoms with E-state index in [1.54, 1.807) is 17.5 Å². The van der Waals surface area contributed by atoms with E-state index >= 15 is 0 Å². The van der Waals surface area contributed by atoms with E-state index in [-0.39, 0.29) is 6.04 Å². The van der Waals surface area contributed by atoms with Crippen LogP contribution in [0.2, 0.25) is 0 Å². The van der Waals surface area contributed by atoms with Crippen LogP contribution in [-0.4, -0.2) is 20.4 Å². The zero-order valence-electron chi connectivity index (χ0n) is 7.98. The molecule has 0 fully saturated rings. The van der Waals surface area contributed by atoms with Gasteiger partial charge in [0.25, 0.3) is 0 Å². The predicted octanol–water partition coefficient (Wildman–Crippen LogP) is 1.26. The Balaban J connectivity index is 2.43. The Labute approximate surface area is 85.4 Å². The molecule has 0 saturated heterocycles. The van der Waals surface area contributed by atoms with Crippen LogP contribution < -0.4 is 5.73 Å². The van der Waals surface area contributed by atoms with Crippen molar-refractivity contribution in [2.75, 3.05) is 0 Å². The van der Waals surface area contributed by atoms with E-state index in [1.807, 2.05) is 13.8 Å². The lowest BCUT2D eigenvalue weighted by atomic mass is 10.2. The van der Waals surface area contributed by atoms with Crippen molar-refractivity contribution in [2.45, 2.75) is 19.9 Å². The zero-order chi connectivity index (χ0) is 10.1. The third-order valence-electron chi connectivity index (χ3n) is 1.88. The van der Waals surface area contributed by atoms with Gasteiger partial charge in [-0.05, 0) is 13.8 Å². The van der Waals surface area contributed by atoms with Gasteiger partial charge in [0.1, 0.15) is 10.7 Å². The summed E-state index contributed by atoms with van der Waals surface area (Å²) in [7, 11) is 0. The van der Waals surface area contributed by atoms with Gasteiger partial charge >= 0.3 is 0 Å². The molecule has 14 heavy (non-hydrogen) atoms. The second-order valence-electron chi connectivity index (χ2n) is 3.11. The molecule has 2 aromatic rings. The van der Waals surface area contributed by atoms with Gasteiger partial charge in [-0.3, -0.25) is 0 Å². The fraction of sp³-hybridized carbons (Fsp3) is 0.375. The number of nitrogens with one attached hydrogen (secondary N) is 1. The van der Waals surface area contributed by atoms with Gasteiger partial charge in [-0.2, -0.15) is 15.4 Å². The maximum absolute atomic E-state index is 5.81. The van der Waals surface area contributed by atoms with Gasteiger partial charge in [-0.1, -0.05) is 0 Å². The number of aromatic nitrogens is 4. The molecule has 0 aliphatic heterocycles. The smallest absolute Gasteiger partial charge is 0.145 e. The molecule has 0 saturated carbocycles. The van der Waals surface area contributed by atoms with E-state index in [4.69, 9.17) is 5.73 Å². The van der Waals surface area contributed by atoms with Crippen molar-refractivity contribution in [3.05, 3.63) is 16.8 Å². The molecule has 0 aliphatic rings. The fourth-order valence-electron chi connectivity index (χ4n) is 1.24. The Bertz CT molecular complexity index is 417. The van der Waals surface area contributed by atoms with Gasteiger partial charge in [0.15, 0.2) is 0 Å². The highest BCUT2D eigenvalue weighted by atomic mass is 32.1. The van der Waals surface area contributed by atoms with Crippen molar-refractivity contribution in [3.63, 3.8) is 0 Å². The normalized spacial score (nSPS) is 13.1. The second-order valence-corrected chi connectivity index (χ2v) is 4.14. The third kappa shape index (κ3) is 1.53. The topological polar surface area (TPSA) is 80.5 Å². The first-order valence-corrected chi connectivity index (χ1v) is 5.09. The lowest BCUT2D eigenvalue weighted by Gasteiger charge is -1.99. The van der Waals surface area contributed by atoms with Gasteiger partial charge in [0.2, 0.25) is 0 Å². The highest BCUT2D eigenvalue weighted by Crippen LogP contribution is 2.29. The summed E-state index contributed by atoms with van der Waals surface area (Å²) in [5.74, 6) is 0. The quantitative estimate of drug-likeness (QED) is 0.780. The van der Waals surface area contributed by atoms with Gasteiger partial charge in [0.05, 0.1) is 11.9 Å². The molecule has 2 aromatic heterocycles. The molecule has 0 amide bonds. The number of hydrogen-bond donors (Lipinski definition) is 2. The van der Waals surface area contributed by atoms with Crippen LogP contribution in [-0.2, 0) is 0 Å². The molecule has 3 N–H and O–H groups in total. The fourth-order valence-corrected chi connectivity index (χ4v) is 2.22. The molecule has 0 spiro atoms. The van der Waals surface area contributed by atoms with Crippen molar-refractivity contribution in [1.29, 1.82) is 0 Å². The number of H-pyrrole nitrogens is 1. The maximum Gasteiger partial charge on any atom is 0.145 e. The van der Waals surface area contributed by atoms with Crippen molar-refractivity contribution in [3.8, 4) is 10.7 Å². The highest BCUT2D eigenvalue weighted by Gasteiger charge is 2.13. The van der Waals surface area contributed by atoms with Gasteiger partial charge in [-0.15, -0.1) is 11.3 Å². The average molecular weight is 209 g/mol. The highest BCUT2D eigenvalue weighted by molar-refractivity contribution is 7.15. The van der Waals surface area contributed by atoms with E-state index < -0.39 is 0 Å². The number of aryl methyl sites for hydroxylation is 1. The Morgan fingerprint density at radius 3 is 2.86 bits per heavy atom. The monoisotopic (exact) mass is 209 g/mol. The minimum absolute atomic E-state index is 0.0214. The molecule has 0 aliphatic carbocycles. The minimum atomic E-state index is 0.0214. The third-order valence-corrected chi connectivity index (χ3v) is 3.26. The molecule has 0 radical (unpaired) electrons. The number of rotatable bonds is 2. The van der Waals surface area contributed by atoms with Crippen LogP contribution in [0.15, 0.2) is 6.20 Å². The first kappa shape index (κ1) is 9.29. The van der Waals surface area contributed by atoms with E-state index in [9.17, 15) is 0 Å². The van der Waals surface area contributed by atoms with Crippen LogP contribution in [0.3, 0.4) is 0 Å². The molecule has 2 heterocycles. The Kier molecular flexibility index (Phi) is 2.30. The van der Waals surface area contributed by atoms with E-state index in [0.29, 0.717) is 0 Å². The summed E-state index contributed by atoms with van der Waals surface area (Å²) in [5.41, 5.74) is 7.55. The molecule has 1 unspecified atom stereocenters. The molecule has 1 atom stereocenters. The summed E-state index contributed by atoms with van der Waals surface area (Å²) >= 11 is 1.57. The lowest BCUT2D eigenvalue weighted by molar-refractivity contribution is 0.825. The van der Waals surface area contributed by atoms with Gasteiger partial charge in [-0.25, -0.2) is 4.98 Å². The number of nitrogens with two attached hydrogens (primary N) is 1. The van der Waals surface area contributed by atoms with Crippen LogP contribution in [0.5, 0.6) is 0 Å². The number of hydrogen-bond acceptors (Lipinski definition) is 5. The minimum Gasteiger partial charge on any atom is -0.323 e. The van der Waals surface area contributed by atoms with Crippen LogP contribution >= 0.6 is 11.3 Å². The number of nitrogens with zero attached hydrogens (tertiary/aromatic N) is 3. The summed E-state index contributed by atoms with van der Waals surface area (Å²) < 4.78 is 0. The largest absolute Gasteiger partial charge is 0.323 e. The molecule has 2 rings (SSSR count). The van der Waals surface area contributed by atoms with E-state index in [0.717, 1.165) is 21.3 Å². The van der Waals surface area contributed by atoms with E-state index in [2.05, 4.69) is 20.4 Å². The molecule has 6 heteroatoms. The molecular weight excluding hydrogens is 198 g/mol. The van der Waals surface area contributed by atoms with Crippen LogP contribution in [0.25, 0.3) is 10.7 Å². The lowest BCUT2D eigenvalue weighted by Crippen LogP contribution is -2.03. The van der Waals surface area contributed by atoms with Crippen LogP contribution in [0, 0.1) is 6.92 Å². The van der Waals surface area contributed by atoms with Gasteiger partial charge < -0.3 is 5.73 Å². The van der Waals surface area contributed by atoms with E-state index in [1.165, 1.54) is 0 Å². The summed E-state index contributed by atoms with van der Waals surface area (Å²) in [5, 5.41) is 11.1. The molecule has 0 bridgehead atoms. The van der Waals surface area contributed by atoms with Crippen molar-refractivity contribution < 1.29 is 0 Å². The standard InChI is InChI=1S/C8H11N5S/c1-4(9)7-5(2)11-8(14-7)6-3-10-13-12-6/h3-4H,9H2,1-2H3,(H,10,12,13). The molecule has 74 valence electrons. The van der Waals surface area contributed by atoms with Crippen molar-refractivity contribution >= 4 is 11.3 Å². The first-order valence-electron chi connectivity index (χ1n) is 4.27. The molecular formula is C8H11N5S. The number of aromatic amines is 1. The van der Waals surface area contributed by atoms with Crippen molar-refractivity contribution in [2.24, 2.45) is 5.73 Å². The summed E-state index contributed by atoms with van der Waals surface area (Å²) in [4.78, 5) is 5.49. The zero-order valence-corrected chi connectivity index (χ0v) is 8.80. The summed E-state index contributed by atoms with van der Waals surface area (Å²) in [6.07, 6.45) is 1.66. The Hall–Kier alpha value is -1.27. The van der Waals surface area contributed by atoms with Crippen LogP contribution in [0.4, 0.5) is 0 Å². The number of thiazole rings is 1. The Morgan fingerprint density at radius 1 is 1.57 bits per heavy atom.